The van der Waals surface area contributed by atoms with E-state index in [0.717, 1.165) is 6.54 Å². The molecule has 1 aromatic rings. The molecule has 1 heterocycles. The van der Waals surface area contributed by atoms with Crippen molar-refractivity contribution in [2.24, 2.45) is 12.8 Å². The number of hydrogen-bond donors (Lipinski definition) is 1. The van der Waals surface area contributed by atoms with Crippen LogP contribution in [0, 0.1) is 0 Å². The summed E-state index contributed by atoms with van der Waals surface area (Å²) in [5, 5.41) is 9.46. The summed E-state index contributed by atoms with van der Waals surface area (Å²) < 4.78 is 4.28. The van der Waals surface area contributed by atoms with Gasteiger partial charge in [-0.15, -0.1) is 0 Å². The molecule has 0 radical (unpaired) electrons. The summed E-state index contributed by atoms with van der Waals surface area (Å²) in [6.07, 6.45) is 8.82. The SMILES string of the molecule is CCCCn1cc[n+](C)c1.C[C@H](N)C(=O)[O-]. The van der Waals surface area contributed by atoms with Gasteiger partial charge in [-0.05, 0) is 13.3 Å². The van der Waals surface area contributed by atoms with Crippen molar-refractivity contribution in [1.82, 2.24) is 4.57 Å². The van der Waals surface area contributed by atoms with Crippen LogP contribution < -0.4 is 15.4 Å². The van der Waals surface area contributed by atoms with E-state index in [1.165, 1.54) is 19.8 Å². The highest BCUT2D eigenvalue weighted by atomic mass is 16.4. The van der Waals surface area contributed by atoms with E-state index in [1.807, 2.05) is 7.05 Å². The topological polar surface area (TPSA) is 75.0 Å². The van der Waals surface area contributed by atoms with Crippen LogP contribution in [0.3, 0.4) is 0 Å². The lowest BCUT2D eigenvalue weighted by Crippen LogP contribution is -2.39. The minimum absolute atomic E-state index is 0.843. The van der Waals surface area contributed by atoms with Crippen molar-refractivity contribution in [2.75, 3.05) is 0 Å². The van der Waals surface area contributed by atoms with Crippen molar-refractivity contribution in [3.05, 3.63) is 18.7 Å². The zero-order chi connectivity index (χ0) is 12.6. The Morgan fingerprint density at radius 2 is 2.19 bits per heavy atom. The van der Waals surface area contributed by atoms with Gasteiger partial charge in [0, 0.05) is 6.04 Å². The summed E-state index contributed by atoms with van der Waals surface area (Å²) in [5.74, 6) is -1.21. The van der Waals surface area contributed by atoms with Crippen molar-refractivity contribution in [3.8, 4) is 0 Å². The maximum Gasteiger partial charge on any atom is 0.243 e. The highest BCUT2D eigenvalue weighted by molar-refractivity contribution is 5.70. The maximum absolute atomic E-state index is 9.46. The first kappa shape index (κ1) is 14.6. The molecular weight excluding hydrogens is 206 g/mol. The molecule has 0 amide bonds. The Kier molecular flexibility index (Phi) is 7.20. The Bertz CT molecular complexity index is 308. The number of nitrogens with zero attached hydrogens (tertiary/aromatic N) is 2. The van der Waals surface area contributed by atoms with Crippen molar-refractivity contribution in [3.63, 3.8) is 0 Å². The molecule has 0 bridgehead atoms. The second-order valence-electron chi connectivity index (χ2n) is 3.78. The van der Waals surface area contributed by atoms with E-state index < -0.39 is 12.0 Å². The molecule has 5 heteroatoms. The largest absolute Gasteiger partial charge is 0.548 e. The fraction of sp³-hybridized carbons (Fsp3) is 0.636. The van der Waals surface area contributed by atoms with Crippen LogP contribution in [0.4, 0.5) is 0 Å². The molecule has 1 rings (SSSR count). The minimum atomic E-state index is -1.21. The Morgan fingerprint density at radius 1 is 1.62 bits per heavy atom. The number of imidazole rings is 1. The molecule has 0 aliphatic rings. The van der Waals surface area contributed by atoms with E-state index >= 15 is 0 Å². The lowest BCUT2D eigenvalue weighted by molar-refractivity contribution is -0.671. The number of aromatic nitrogens is 2. The number of hydrogen-bond acceptors (Lipinski definition) is 3. The lowest BCUT2D eigenvalue weighted by atomic mass is 10.3. The summed E-state index contributed by atoms with van der Waals surface area (Å²) in [5.41, 5.74) is 4.77. The molecule has 0 fully saturated rings. The monoisotopic (exact) mass is 227 g/mol. The molecule has 0 aromatic carbocycles. The van der Waals surface area contributed by atoms with Crippen molar-refractivity contribution >= 4 is 5.97 Å². The number of carbonyl (C=O) groups is 1. The maximum atomic E-state index is 9.46. The van der Waals surface area contributed by atoms with Gasteiger partial charge in [0.2, 0.25) is 6.33 Å². The Hall–Kier alpha value is -1.36. The quantitative estimate of drug-likeness (QED) is 0.684. The zero-order valence-corrected chi connectivity index (χ0v) is 10.2. The van der Waals surface area contributed by atoms with Crippen LogP contribution in [0.1, 0.15) is 26.7 Å². The number of carboxylic acids is 1. The van der Waals surface area contributed by atoms with Gasteiger partial charge in [-0.25, -0.2) is 9.13 Å². The summed E-state index contributed by atoms with van der Waals surface area (Å²) in [6, 6.07) is -0.843. The van der Waals surface area contributed by atoms with Crippen LogP contribution in [-0.4, -0.2) is 16.6 Å². The first-order chi connectivity index (χ1) is 7.47. The van der Waals surface area contributed by atoms with Crippen LogP contribution in [0.15, 0.2) is 18.7 Å². The fourth-order valence-electron chi connectivity index (χ4n) is 0.975. The zero-order valence-electron chi connectivity index (χ0n) is 10.2. The summed E-state index contributed by atoms with van der Waals surface area (Å²) in [7, 11) is 2.04. The molecule has 16 heavy (non-hydrogen) atoms. The van der Waals surface area contributed by atoms with E-state index in [2.05, 4.69) is 34.8 Å². The molecule has 0 unspecified atom stereocenters. The third-order valence-electron chi connectivity index (χ3n) is 1.97. The van der Waals surface area contributed by atoms with E-state index in [4.69, 9.17) is 5.73 Å². The molecule has 1 atom stereocenters. The van der Waals surface area contributed by atoms with Crippen molar-refractivity contribution in [2.45, 2.75) is 39.3 Å². The predicted molar refractivity (Wildman–Crippen MR) is 59.2 cm³/mol. The standard InChI is InChI=1S/C8H15N2.C3H7NO2/c1-3-4-5-10-7-6-9(2)8-10;1-2(4)3(5)6/h6-8H,3-5H2,1-2H3;2H,4H2,1H3,(H,5,6)/q+1;/p-1/t;2-/m.0/s1. The molecule has 92 valence electrons. The number of aliphatic carboxylic acids is 1. The highest BCUT2D eigenvalue weighted by Gasteiger charge is 1.96. The third-order valence-corrected chi connectivity index (χ3v) is 1.97. The number of nitrogens with two attached hydrogens (primary N) is 1. The van der Waals surface area contributed by atoms with Gasteiger partial charge < -0.3 is 15.6 Å². The van der Waals surface area contributed by atoms with E-state index in [9.17, 15) is 9.90 Å². The van der Waals surface area contributed by atoms with E-state index in [1.54, 1.807) is 0 Å². The summed E-state index contributed by atoms with van der Waals surface area (Å²) in [4.78, 5) is 9.46. The highest BCUT2D eigenvalue weighted by Crippen LogP contribution is 1.91. The summed E-state index contributed by atoms with van der Waals surface area (Å²) in [6.45, 7) is 4.72. The van der Waals surface area contributed by atoms with Gasteiger partial charge >= 0.3 is 0 Å². The smallest absolute Gasteiger partial charge is 0.243 e. The molecule has 0 aliphatic heterocycles. The first-order valence-electron chi connectivity index (χ1n) is 5.44. The van der Waals surface area contributed by atoms with Gasteiger partial charge in [0.25, 0.3) is 0 Å². The van der Waals surface area contributed by atoms with Gasteiger partial charge in [0.05, 0.1) is 19.6 Å². The number of carboxylic acid groups (broad SMARTS) is 1. The van der Waals surface area contributed by atoms with E-state index in [-0.39, 0.29) is 0 Å². The molecule has 1 aromatic heterocycles. The normalized spacial score (nSPS) is 11.5. The van der Waals surface area contributed by atoms with Gasteiger partial charge in [-0.1, -0.05) is 13.3 Å². The molecular formula is C11H21N3O2. The Balaban J connectivity index is 0.000000325. The average Bonchev–Trinajstić information content (AvgIpc) is 2.62. The number of unbranched alkanes of at least 4 members (excludes halogenated alkanes) is 1. The minimum Gasteiger partial charge on any atom is -0.548 e. The van der Waals surface area contributed by atoms with Crippen molar-refractivity contribution in [1.29, 1.82) is 0 Å². The Labute approximate surface area is 96.5 Å². The molecule has 0 saturated heterocycles. The van der Waals surface area contributed by atoms with Gasteiger partial charge in [0.15, 0.2) is 0 Å². The predicted octanol–water partition coefficient (Wildman–Crippen LogP) is -0.804. The molecule has 2 N–H and O–H groups in total. The van der Waals surface area contributed by atoms with Crippen LogP contribution in [-0.2, 0) is 18.4 Å². The molecule has 0 spiro atoms. The Morgan fingerprint density at radius 3 is 2.50 bits per heavy atom. The average molecular weight is 227 g/mol. The van der Waals surface area contributed by atoms with Crippen LogP contribution in [0.2, 0.25) is 0 Å². The van der Waals surface area contributed by atoms with Gasteiger partial charge in [-0.3, -0.25) is 0 Å². The second-order valence-corrected chi connectivity index (χ2v) is 3.78. The molecule has 5 nitrogen and oxygen atoms in total. The third kappa shape index (κ3) is 7.00. The molecule has 0 saturated carbocycles. The van der Waals surface area contributed by atoms with Gasteiger partial charge in [-0.2, -0.15) is 0 Å². The number of carbonyl (C=O) groups excluding carboxylic acids is 1. The lowest BCUT2D eigenvalue weighted by Gasteiger charge is -2.01. The van der Waals surface area contributed by atoms with Crippen LogP contribution in [0.5, 0.6) is 0 Å². The van der Waals surface area contributed by atoms with E-state index in [0.29, 0.717) is 0 Å². The fourth-order valence-corrected chi connectivity index (χ4v) is 0.975. The molecule has 0 aliphatic carbocycles. The summed E-state index contributed by atoms with van der Waals surface area (Å²) >= 11 is 0. The van der Waals surface area contributed by atoms with Gasteiger partial charge in [0.1, 0.15) is 12.4 Å². The van der Waals surface area contributed by atoms with Crippen LogP contribution in [0.25, 0.3) is 0 Å². The second kappa shape index (κ2) is 7.87. The number of rotatable bonds is 4. The first-order valence-corrected chi connectivity index (χ1v) is 5.44. The number of aryl methyl sites for hydroxylation is 2. The van der Waals surface area contributed by atoms with Crippen molar-refractivity contribution < 1.29 is 14.5 Å². The van der Waals surface area contributed by atoms with Crippen LogP contribution >= 0.6 is 0 Å².